The van der Waals surface area contributed by atoms with Crippen molar-refractivity contribution in [3.8, 4) is 5.75 Å². The number of aryl methyl sites for hydroxylation is 1. The van der Waals surface area contributed by atoms with Crippen molar-refractivity contribution in [2.24, 2.45) is 11.7 Å². The van der Waals surface area contributed by atoms with Crippen molar-refractivity contribution in [2.45, 2.75) is 44.6 Å². The molecule has 0 unspecified atom stereocenters. The number of ether oxygens (including phenoxy) is 1. The molecule has 27 heavy (non-hydrogen) atoms. The van der Waals surface area contributed by atoms with E-state index in [0.717, 1.165) is 0 Å². The van der Waals surface area contributed by atoms with Gasteiger partial charge in [-0.3, -0.25) is 9.59 Å². The lowest BCUT2D eigenvalue weighted by atomic mass is 9.98. The van der Waals surface area contributed by atoms with Gasteiger partial charge in [0, 0.05) is 19.1 Å². The van der Waals surface area contributed by atoms with Crippen LogP contribution < -0.4 is 15.8 Å². The molecule has 1 aromatic rings. The normalized spacial score (nSPS) is 18.3. The van der Waals surface area contributed by atoms with Crippen molar-refractivity contribution < 1.29 is 22.7 Å². The van der Waals surface area contributed by atoms with Gasteiger partial charge in [0.15, 0.2) is 6.61 Å². The molecule has 150 valence electrons. The average molecular weight is 397 g/mol. The van der Waals surface area contributed by atoms with Crippen molar-refractivity contribution in [2.75, 3.05) is 19.7 Å². The van der Waals surface area contributed by atoms with E-state index in [4.69, 9.17) is 10.5 Å². The molecule has 1 fully saturated rings. The molecule has 1 aromatic carbocycles. The van der Waals surface area contributed by atoms with Gasteiger partial charge in [-0.15, -0.1) is 0 Å². The predicted molar refractivity (Wildman–Crippen MR) is 101 cm³/mol. The van der Waals surface area contributed by atoms with Crippen LogP contribution in [0.25, 0.3) is 0 Å². The number of nitrogens with one attached hydrogen (secondary N) is 1. The lowest BCUT2D eigenvalue weighted by Gasteiger charge is -2.31. The second-order valence-electron chi connectivity index (χ2n) is 7.05. The number of hydrogen-bond acceptors (Lipinski definition) is 5. The van der Waals surface area contributed by atoms with E-state index < -0.39 is 15.9 Å². The Morgan fingerprint density at radius 2 is 2.07 bits per heavy atom. The quantitative estimate of drug-likeness (QED) is 0.705. The van der Waals surface area contributed by atoms with Gasteiger partial charge in [0.1, 0.15) is 5.75 Å². The van der Waals surface area contributed by atoms with E-state index in [1.54, 1.807) is 6.92 Å². The molecule has 1 aliphatic rings. The summed E-state index contributed by atoms with van der Waals surface area (Å²) in [5, 5.41) is 2.85. The van der Waals surface area contributed by atoms with Crippen molar-refractivity contribution >= 4 is 21.8 Å². The number of amides is 2. The molecule has 0 aromatic heterocycles. The number of sulfonamides is 1. The predicted octanol–water partition coefficient (Wildman–Crippen LogP) is 0.784. The smallest absolute Gasteiger partial charge is 0.255 e. The van der Waals surface area contributed by atoms with Crippen LogP contribution in [0.2, 0.25) is 0 Å². The largest absolute Gasteiger partial charge is 0.484 e. The molecule has 0 radical (unpaired) electrons. The molecule has 9 heteroatoms. The van der Waals surface area contributed by atoms with Gasteiger partial charge in [0.2, 0.25) is 15.9 Å². The summed E-state index contributed by atoms with van der Waals surface area (Å²) in [7, 11) is -3.72. The third-order valence-corrected chi connectivity index (χ3v) is 6.20. The summed E-state index contributed by atoms with van der Waals surface area (Å²) < 4.78 is 32.6. The second kappa shape index (κ2) is 8.71. The molecular formula is C18H27N3O5S. The van der Waals surface area contributed by atoms with Crippen LogP contribution in [0.1, 0.15) is 32.3 Å². The summed E-state index contributed by atoms with van der Waals surface area (Å²) in [5.41, 5.74) is 5.64. The van der Waals surface area contributed by atoms with Crippen molar-refractivity contribution in [1.82, 2.24) is 9.62 Å². The van der Waals surface area contributed by atoms with Crippen LogP contribution >= 0.6 is 0 Å². The standard InChI is InChI=1S/C18H27N3O5S/c1-12(2)20-18(23)14-5-4-8-21(10-14)27(24,25)15-6-7-16(13(3)9-15)26-11-17(19)22/h6-7,9,12,14H,4-5,8,10-11H2,1-3H3,(H2,19,22)(H,20,23)/t14-/m1/s1. The first kappa shape index (κ1) is 21.2. The van der Waals surface area contributed by atoms with Crippen molar-refractivity contribution in [1.29, 1.82) is 0 Å². The number of carbonyl (C=O) groups excluding carboxylic acids is 2. The third-order valence-electron chi connectivity index (χ3n) is 4.34. The van der Waals surface area contributed by atoms with Crippen LogP contribution in [-0.4, -0.2) is 50.3 Å². The fraction of sp³-hybridized carbons (Fsp3) is 0.556. The van der Waals surface area contributed by atoms with Crippen LogP contribution in [0.3, 0.4) is 0 Å². The zero-order chi connectivity index (χ0) is 20.2. The van der Waals surface area contributed by atoms with E-state index in [2.05, 4.69) is 5.32 Å². The molecule has 0 aliphatic carbocycles. The number of hydrogen-bond donors (Lipinski definition) is 2. The van der Waals surface area contributed by atoms with Gasteiger partial charge in [0.05, 0.1) is 10.8 Å². The van der Waals surface area contributed by atoms with Gasteiger partial charge < -0.3 is 15.8 Å². The third kappa shape index (κ3) is 5.43. The lowest BCUT2D eigenvalue weighted by molar-refractivity contribution is -0.126. The highest BCUT2D eigenvalue weighted by Crippen LogP contribution is 2.27. The number of nitrogens with two attached hydrogens (primary N) is 1. The Morgan fingerprint density at radius 1 is 1.37 bits per heavy atom. The molecule has 2 rings (SSSR count). The molecule has 1 saturated heterocycles. The Kier molecular flexibility index (Phi) is 6.83. The molecule has 0 spiro atoms. The summed E-state index contributed by atoms with van der Waals surface area (Å²) in [4.78, 5) is 23.2. The van der Waals surface area contributed by atoms with Gasteiger partial charge in [-0.1, -0.05) is 0 Å². The minimum atomic E-state index is -3.72. The van der Waals surface area contributed by atoms with E-state index >= 15 is 0 Å². The number of nitrogens with zero attached hydrogens (tertiary/aromatic N) is 1. The Labute approximate surface area is 160 Å². The Bertz CT molecular complexity index is 807. The first-order valence-corrected chi connectivity index (χ1v) is 10.4. The highest BCUT2D eigenvalue weighted by Gasteiger charge is 2.33. The zero-order valence-electron chi connectivity index (χ0n) is 15.9. The Morgan fingerprint density at radius 3 is 2.67 bits per heavy atom. The molecule has 0 saturated carbocycles. The van der Waals surface area contributed by atoms with E-state index in [9.17, 15) is 18.0 Å². The number of primary amides is 1. The number of piperidine rings is 1. The number of rotatable bonds is 7. The highest BCUT2D eigenvalue weighted by atomic mass is 32.2. The van der Waals surface area contributed by atoms with Gasteiger partial charge in [-0.25, -0.2) is 8.42 Å². The maximum Gasteiger partial charge on any atom is 0.255 e. The van der Waals surface area contributed by atoms with E-state index in [0.29, 0.717) is 30.7 Å². The van der Waals surface area contributed by atoms with E-state index in [1.165, 1.54) is 22.5 Å². The van der Waals surface area contributed by atoms with Crippen LogP contribution in [0.15, 0.2) is 23.1 Å². The maximum atomic E-state index is 13.0. The average Bonchev–Trinajstić information content (AvgIpc) is 2.60. The number of carbonyl (C=O) groups is 2. The molecule has 8 nitrogen and oxygen atoms in total. The zero-order valence-corrected chi connectivity index (χ0v) is 16.7. The molecule has 3 N–H and O–H groups in total. The molecule has 1 heterocycles. The first-order valence-electron chi connectivity index (χ1n) is 8.93. The minimum absolute atomic E-state index is 0.0140. The van der Waals surface area contributed by atoms with E-state index in [1.807, 2.05) is 13.8 Å². The molecule has 1 atom stereocenters. The Hall–Kier alpha value is -2.13. The first-order chi connectivity index (χ1) is 12.6. The molecule has 2 amide bonds. The van der Waals surface area contributed by atoms with E-state index in [-0.39, 0.29) is 35.9 Å². The minimum Gasteiger partial charge on any atom is -0.484 e. The topological polar surface area (TPSA) is 119 Å². The summed E-state index contributed by atoms with van der Waals surface area (Å²) in [6.07, 6.45) is 1.30. The highest BCUT2D eigenvalue weighted by molar-refractivity contribution is 7.89. The van der Waals surface area contributed by atoms with Crippen molar-refractivity contribution in [3.05, 3.63) is 23.8 Å². The molecule has 1 aliphatic heterocycles. The van der Waals surface area contributed by atoms with Gasteiger partial charge in [-0.2, -0.15) is 4.31 Å². The second-order valence-corrected chi connectivity index (χ2v) is 8.99. The van der Waals surface area contributed by atoms with Gasteiger partial charge in [-0.05, 0) is 57.4 Å². The summed E-state index contributed by atoms with van der Waals surface area (Å²) in [6, 6.07) is 4.47. The van der Waals surface area contributed by atoms with Crippen LogP contribution in [0, 0.1) is 12.8 Å². The van der Waals surface area contributed by atoms with Crippen LogP contribution in [0.4, 0.5) is 0 Å². The van der Waals surface area contributed by atoms with Crippen molar-refractivity contribution in [3.63, 3.8) is 0 Å². The molecular weight excluding hydrogens is 370 g/mol. The SMILES string of the molecule is Cc1cc(S(=O)(=O)N2CCC[C@@H](C(=O)NC(C)C)C2)ccc1OCC(N)=O. The lowest BCUT2D eigenvalue weighted by Crippen LogP contribution is -2.46. The maximum absolute atomic E-state index is 13.0. The Balaban J connectivity index is 2.16. The monoisotopic (exact) mass is 397 g/mol. The number of benzene rings is 1. The van der Waals surface area contributed by atoms with Crippen LogP contribution in [0.5, 0.6) is 5.75 Å². The summed E-state index contributed by atoms with van der Waals surface area (Å²) in [6.45, 7) is 5.72. The van der Waals surface area contributed by atoms with Crippen LogP contribution in [-0.2, 0) is 19.6 Å². The van der Waals surface area contributed by atoms with Gasteiger partial charge >= 0.3 is 0 Å². The summed E-state index contributed by atoms with van der Waals surface area (Å²) in [5.74, 6) is -0.669. The fourth-order valence-corrected chi connectivity index (χ4v) is 4.63. The van der Waals surface area contributed by atoms with Gasteiger partial charge in [0.25, 0.3) is 5.91 Å². The fourth-order valence-electron chi connectivity index (χ4n) is 3.02. The molecule has 0 bridgehead atoms. The summed E-state index contributed by atoms with van der Waals surface area (Å²) >= 11 is 0.